The van der Waals surface area contributed by atoms with Crippen molar-refractivity contribution in [2.24, 2.45) is 17.8 Å². The highest BCUT2D eigenvalue weighted by molar-refractivity contribution is 4.96. The van der Waals surface area contributed by atoms with Crippen LogP contribution in [0, 0.1) is 17.8 Å². The van der Waals surface area contributed by atoms with Crippen LogP contribution in [0.2, 0.25) is 0 Å². The molecule has 0 spiro atoms. The minimum absolute atomic E-state index is 0.690. The Balaban J connectivity index is 1.97. The fourth-order valence-electron chi connectivity index (χ4n) is 4.49. The zero-order valence-corrected chi connectivity index (χ0v) is 13.9. The molecule has 0 aromatic heterocycles. The van der Waals surface area contributed by atoms with E-state index < -0.39 is 0 Å². The smallest absolute Gasteiger partial charge is 0.0503 e. The second-order valence-electron chi connectivity index (χ2n) is 7.21. The lowest BCUT2D eigenvalue weighted by Gasteiger charge is -2.45. The van der Waals surface area contributed by atoms with Gasteiger partial charge in [-0.1, -0.05) is 20.8 Å². The molecule has 1 aliphatic heterocycles. The fraction of sp³-hybridized carbons (Fsp3) is 1.00. The van der Waals surface area contributed by atoms with Crippen molar-refractivity contribution in [3.63, 3.8) is 0 Å². The van der Waals surface area contributed by atoms with E-state index in [2.05, 4.69) is 31.0 Å². The predicted octanol–water partition coefficient (Wildman–Crippen LogP) is 2.76. The first kappa shape index (κ1) is 16.3. The Bertz CT molecular complexity index is 284. The third-order valence-electron chi connectivity index (χ3n) is 5.22. The summed E-state index contributed by atoms with van der Waals surface area (Å²) in [7, 11) is 1.83. The zero-order valence-electron chi connectivity index (χ0n) is 13.9. The SMILES string of the molecule is CCCNC1CC(C)CC(C)C1N1CCC(COC)C1. The molecule has 1 N–H and O–H groups in total. The van der Waals surface area contributed by atoms with Gasteiger partial charge in [0, 0.05) is 25.7 Å². The summed E-state index contributed by atoms with van der Waals surface area (Å²) in [5.74, 6) is 2.43. The number of likely N-dealkylation sites (tertiary alicyclic amines) is 1. The van der Waals surface area contributed by atoms with E-state index in [1.165, 1.54) is 38.8 Å². The standard InChI is InChI=1S/C17H34N2O/c1-5-7-18-16-10-13(2)9-14(3)17(16)19-8-6-15(11-19)12-20-4/h13-18H,5-12H2,1-4H3. The van der Waals surface area contributed by atoms with E-state index in [0.29, 0.717) is 6.04 Å². The Morgan fingerprint density at radius 2 is 2.05 bits per heavy atom. The molecular formula is C17H34N2O. The van der Waals surface area contributed by atoms with Gasteiger partial charge in [0.05, 0.1) is 6.61 Å². The van der Waals surface area contributed by atoms with Crippen molar-refractivity contribution in [3.05, 3.63) is 0 Å². The van der Waals surface area contributed by atoms with E-state index >= 15 is 0 Å². The van der Waals surface area contributed by atoms with Crippen LogP contribution in [0.3, 0.4) is 0 Å². The highest BCUT2D eigenvalue weighted by Crippen LogP contribution is 2.35. The average Bonchev–Trinajstić information content (AvgIpc) is 2.84. The molecule has 1 saturated carbocycles. The summed E-state index contributed by atoms with van der Waals surface area (Å²) in [5.41, 5.74) is 0. The Kier molecular flexibility index (Phi) is 6.31. The molecule has 2 rings (SSSR count). The Hall–Kier alpha value is -0.120. The minimum atomic E-state index is 0.690. The van der Waals surface area contributed by atoms with Crippen LogP contribution in [-0.2, 0) is 4.74 Å². The lowest BCUT2D eigenvalue weighted by Crippen LogP contribution is -2.56. The molecule has 5 atom stereocenters. The molecule has 0 aromatic carbocycles. The van der Waals surface area contributed by atoms with Gasteiger partial charge in [-0.3, -0.25) is 4.90 Å². The maximum atomic E-state index is 5.35. The van der Waals surface area contributed by atoms with Gasteiger partial charge in [0.2, 0.25) is 0 Å². The topological polar surface area (TPSA) is 24.5 Å². The van der Waals surface area contributed by atoms with Crippen molar-refractivity contribution in [2.75, 3.05) is 33.4 Å². The van der Waals surface area contributed by atoms with E-state index in [1.807, 2.05) is 7.11 Å². The van der Waals surface area contributed by atoms with Crippen LogP contribution in [0.5, 0.6) is 0 Å². The maximum Gasteiger partial charge on any atom is 0.0503 e. The number of ether oxygens (including phenoxy) is 1. The van der Waals surface area contributed by atoms with Crippen molar-refractivity contribution < 1.29 is 4.74 Å². The van der Waals surface area contributed by atoms with Crippen molar-refractivity contribution in [1.82, 2.24) is 10.2 Å². The fourth-order valence-corrected chi connectivity index (χ4v) is 4.49. The molecule has 1 heterocycles. The van der Waals surface area contributed by atoms with Crippen LogP contribution in [0.1, 0.15) is 46.5 Å². The molecule has 0 radical (unpaired) electrons. The van der Waals surface area contributed by atoms with Crippen molar-refractivity contribution in [1.29, 1.82) is 0 Å². The molecule has 1 aliphatic carbocycles. The number of nitrogens with zero attached hydrogens (tertiary/aromatic N) is 1. The van der Waals surface area contributed by atoms with E-state index in [-0.39, 0.29) is 0 Å². The monoisotopic (exact) mass is 282 g/mol. The molecule has 118 valence electrons. The second kappa shape index (κ2) is 7.77. The van der Waals surface area contributed by atoms with Gasteiger partial charge >= 0.3 is 0 Å². The predicted molar refractivity (Wildman–Crippen MR) is 85.0 cm³/mol. The summed E-state index contributed by atoms with van der Waals surface area (Å²) in [4.78, 5) is 2.76. The largest absolute Gasteiger partial charge is 0.384 e. The molecular weight excluding hydrogens is 248 g/mol. The van der Waals surface area contributed by atoms with Crippen LogP contribution in [0.15, 0.2) is 0 Å². The molecule has 0 bridgehead atoms. The molecule has 0 aromatic rings. The summed E-state index contributed by atoms with van der Waals surface area (Å²) < 4.78 is 5.35. The summed E-state index contributed by atoms with van der Waals surface area (Å²) >= 11 is 0. The minimum Gasteiger partial charge on any atom is -0.384 e. The van der Waals surface area contributed by atoms with Gasteiger partial charge in [0.15, 0.2) is 0 Å². The Labute approximate surface area is 125 Å². The van der Waals surface area contributed by atoms with Gasteiger partial charge in [-0.2, -0.15) is 0 Å². The first-order valence-corrected chi connectivity index (χ1v) is 8.62. The van der Waals surface area contributed by atoms with Crippen LogP contribution in [0.4, 0.5) is 0 Å². The van der Waals surface area contributed by atoms with E-state index in [4.69, 9.17) is 4.74 Å². The van der Waals surface area contributed by atoms with Crippen LogP contribution in [-0.4, -0.2) is 50.3 Å². The highest BCUT2D eigenvalue weighted by atomic mass is 16.5. The first-order chi connectivity index (χ1) is 9.65. The average molecular weight is 282 g/mol. The number of hydrogen-bond donors (Lipinski definition) is 1. The van der Waals surface area contributed by atoms with Crippen LogP contribution in [0.25, 0.3) is 0 Å². The molecule has 20 heavy (non-hydrogen) atoms. The van der Waals surface area contributed by atoms with E-state index in [1.54, 1.807) is 0 Å². The van der Waals surface area contributed by atoms with E-state index in [9.17, 15) is 0 Å². The molecule has 2 fully saturated rings. The molecule has 5 unspecified atom stereocenters. The maximum absolute atomic E-state index is 5.35. The number of methoxy groups -OCH3 is 1. The molecule has 1 saturated heterocycles. The van der Waals surface area contributed by atoms with Crippen molar-refractivity contribution >= 4 is 0 Å². The van der Waals surface area contributed by atoms with Gasteiger partial charge in [0.1, 0.15) is 0 Å². The van der Waals surface area contributed by atoms with E-state index in [0.717, 1.165) is 36.9 Å². The summed E-state index contributed by atoms with van der Waals surface area (Å²) in [6, 6.07) is 1.43. The van der Waals surface area contributed by atoms with Gasteiger partial charge in [-0.05, 0) is 56.5 Å². The Morgan fingerprint density at radius 3 is 2.75 bits per heavy atom. The van der Waals surface area contributed by atoms with Gasteiger partial charge in [-0.15, -0.1) is 0 Å². The van der Waals surface area contributed by atoms with Gasteiger partial charge in [-0.25, -0.2) is 0 Å². The number of nitrogens with one attached hydrogen (secondary N) is 1. The first-order valence-electron chi connectivity index (χ1n) is 8.62. The van der Waals surface area contributed by atoms with Crippen molar-refractivity contribution in [2.45, 2.75) is 58.5 Å². The molecule has 0 amide bonds. The third kappa shape index (κ3) is 3.96. The van der Waals surface area contributed by atoms with Crippen LogP contribution < -0.4 is 5.32 Å². The summed E-state index contributed by atoms with van der Waals surface area (Å²) in [6.07, 6.45) is 5.28. The lowest BCUT2D eigenvalue weighted by molar-refractivity contribution is 0.0707. The van der Waals surface area contributed by atoms with Crippen LogP contribution >= 0.6 is 0 Å². The Morgan fingerprint density at radius 1 is 1.25 bits per heavy atom. The normalized spacial score (nSPS) is 39.3. The quantitative estimate of drug-likeness (QED) is 0.811. The van der Waals surface area contributed by atoms with Crippen molar-refractivity contribution in [3.8, 4) is 0 Å². The second-order valence-corrected chi connectivity index (χ2v) is 7.21. The van der Waals surface area contributed by atoms with Gasteiger partial charge in [0.25, 0.3) is 0 Å². The number of rotatable bonds is 6. The lowest BCUT2D eigenvalue weighted by atomic mass is 9.76. The van der Waals surface area contributed by atoms with Gasteiger partial charge < -0.3 is 10.1 Å². The third-order valence-corrected chi connectivity index (χ3v) is 5.22. The molecule has 3 nitrogen and oxygen atoms in total. The summed E-state index contributed by atoms with van der Waals surface area (Å²) in [5, 5.41) is 3.83. The summed E-state index contributed by atoms with van der Waals surface area (Å²) in [6.45, 7) is 11.7. The zero-order chi connectivity index (χ0) is 14.5. The number of hydrogen-bond acceptors (Lipinski definition) is 3. The molecule has 2 aliphatic rings. The highest BCUT2D eigenvalue weighted by Gasteiger charge is 2.39. The molecule has 3 heteroatoms.